The van der Waals surface area contributed by atoms with E-state index in [1.807, 2.05) is 42.5 Å². The van der Waals surface area contributed by atoms with Gasteiger partial charge in [0.2, 0.25) is 5.91 Å². The lowest BCUT2D eigenvalue weighted by Gasteiger charge is -2.14. The van der Waals surface area contributed by atoms with Crippen molar-refractivity contribution in [3.63, 3.8) is 0 Å². The van der Waals surface area contributed by atoms with Crippen LogP contribution in [0.15, 0.2) is 69.6 Å². The monoisotopic (exact) mass is 419 g/mol. The largest absolute Gasteiger partial charge is 0.486 e. The van der Waals surface area contributed by atoms with Crippen molar-refractivity contribution < 1.29 is 23.3 Å². The van der Waals surface area contributed by atoms with E-state index in [1.54, 1.807) is 25.1 Å². The Hall–Kier alpha value is -4.07. The van der Waals surface area contributed by atoms with Crippen LogP contribution in [0.2, 0.25) is 0 Å². The molecule has 0 aliphatic rings. The fourth-order valence-electron chi connectivity index (χ4n) is 3.07. The molecule has 0 spiro atoms. The number of rotatable bonds is 7. The Balaban J connectivity index is 1.32. The van der Waals surface area contributed by atoms with E-state index in [-0.39, 0.29) is 18.9 Å². The molecule has 0 bridgehead atoms. The van der Waals surface area contributed by atoms with Crippen LogP contribution >= 0.6 is 0 Å². The number of likely N-dealkylation sites (N-methyl/N-ethyl adjacent to an activating group) is 1. The fraction of sp³-hybridized carbons (Fsp3) is 0.174. The molecule has 0 aliphatic heterocycles. The van der Waals surface area contributed by atoms with Gasteiger partial charge in [0, 0.05) is 13.1 Å². The molecular weight excluding hydrogens is 398 g/mol. The van der Waals surface area contributed by atoms with Crippen molar-refractivity contribution in [3.8, 4) is 5.75 Å². The van der Waals surface area contributed by atoms with E-state index < -0.39 is 11.8 Å². The first kappa shape index (κ1) is 20.2. The zero-order chi connectivity index (χ0) is 21.8. The smallest absolute Gasteiger partial charge is 0.289 e. The first-order valence-corrected chi connectivity index (χ1v) is 9.67. The summed E-state index contributed by atoms with van der Waals surface area (Å²) >= 11 is 0. The van der Waals surface area contributed by atoms with Crippen LogP contribution in [0.4, 0.5) is 5.82 Å². The summed E-state index contributed by atoms with van der Waals surface area (Å²) in [6, 6.07) is 18.7. The van der Waals surface area contributed by atoms with Gasteiger partial charge in [-0.05, 0) is 42.0 Å². The zero-order valence-electron chi connectivity index (χ0n) is 17.1. The van der Waals surface area contributed by atoms with Crippen molar-refractivity contribution in [1.82, 2.24) is 10.1 Å². The van der Waals surface area contributed by atoms with E-state index >= 15 is 0 Å². The molecule has 0 aliphatic carbocycles. The minimum absolute atomic E-state index is 0.129. The first-order valence-electron chi connectivity index (χ1n) is 9.67. The maximum Gasteiger partial charge on any atom is 0.289 e. The van der Waals surface area contributed by atoms with Gasteiger partial charge in [-0.25, -0.2) is 0 Å². The number of furan rings is 1. The molecule has 0 unspecified atom stereocenters. The summed E-state index contributed by atoms with van der Waals surface area (Å²) in [7, 11) is 1.52. The van der Waals surface area contributed by atoms with Crippen molar-refractivity contribution in [3.05, 3.63) is 77.9 Å². The summed E-state index contributed by atoms with van der Waals surface area (Å²) in [4.78, 5) is 25.9. The van der Waals surface area contributed by atoms with Gasteiger partial charge < -0.3 is 23.9 Å². The Morgan fingerprint density at radius 2 is 1.87 bits per heavy atom. The molecule has 0 atom stereocenters. The van der Waals surface area contributed by atoms with E-state index in [9.17, 15) is 9.59 Å². The molecule has 0 fully saturated rings. The third kappa shape index (κ3) is 4.92. The number of carbonyl (C=O) groups is 2. The third-order valence-electron chi connectivity index (χ3n) is 4.60. The van der Waals surface area contributed by atoms with Crippen molar-refractivity contribution in [1.29, 1.82) is 0 Å². The number of aryl methyl sites for hydroxylation is 1. The van der Waals surface area contributed by atoms with Gasteiger partial charge in [-0.1, -0.05) is 35.5 Å². The van der Waals surface area contributed by atoms with E-state index in [0.29, 0.717) is 23.1 Å². The molecule has 0 saturated heterocycles. The SMILES string of the molecule is Cc1cc(NC(=O)CN(C)C(=O)c2ccc(COc3ccc4ccccc4c3)o2)no1. The van der Waals surface area contributed by atoms with Gasteiger partial charge in [0.1, 0.15) is 30.4 Å². The second kappa shape index (κ2) is 8.74. The highest BCUT2D eigenvalue weighted by atomic mass is 16.5. The Kier molecular flexibility index (Phi) is 5.70. The number of benzene rings is 2. The molecule has 0 radical (unpaired) electrons. The van der Waals surface area contributed by atoms with Crippen LogP contribution < -0.4 is 10.1 Å². The van der Waals surface area contributed by atoms with Crippen LogP contribution in [-0.2, 0) is 11.4 Å². The molecule has 1 N–H and O–H groups in total. The minimum Gasteiger partial charge on any atom is -0.486 e. The number of hydrogen-bond acceptors (Lipinski definition) is 6. The summed E-state index contributed by atoms with van der Waals surface area (Å²) in [6.07, 6.45) is 0. The number of carbonyl (C=O) groups excluding carboxylic acids is 2. The fourth-order valence-corrected chi connectivity index (χ4v) is 3.07. The topological polar surface area (TPSA) is 97.8 Å². The Bertz CT molecular complexity index is 1230. The second-order valence-electron chi connectivity index (χ2n) is 7.10. The molecule has 2 aromatic heterocycles. The van der Waals surface area contributed by atoms with Gasteiger partial charge in [0.05, 0.1) is 0 Å². The number of fused-ring (bicyclic) bond motifs is 1. The molecule has 158 valence electrons. The van der Waals surface area contributed by atoms with Crippen LogP contribution in [-0.4, -0.2) is 35.5 Å². The van der Waals surface area contributed by atoms with Crippen molar-refractivity contribution >= 4 is 28.4 Å². The minimum atomic E-state index is -0.413. The molecule has 4 aromatic rings. The predicted molar refractivity (Wildman–Crippen MR) is 114 cm³/mol. The zero-order valence-corrected chi connectivity index (χ0v) is 17.1. The van der Waals surface area contributed by atoms with Crippen LogP contribution in [0.3, 0.4) is 0 Å². The molecule has 2 heterocycles. The normalized spacial score (nSPS) is 10.8. The van der Waals surface area contributed by atoms with Gasteiger partial charge in [-0.3, -0.25) is 9.59 Å². The van der Waals surface area contributed by atoms with Crippen LogP contribution in [0.5, 0.6) is 5.75 Å². The lowest BCUT2D eigenvalue weighted by Crippen LogP contribution is -2.34. The maximum absolute atomic E-state index is 12.5. The van der Waals surface area contributed by atoms with Crippen LogP contribution in [0, 0.1) is 6.92 Å². The quantitative estimate of drug-likeness (QED) is 0.486. The van der Waals surface area contributed by atoms with Gasteiger partial charge in [-0.15, -0.1) is 0 Å². The van der Waals surface area contributed by atoms with E-state index in [2.05, 4.69) is 10.5 Å². The Labute approximate surface area is 178 Å². The highest BCUT2D eigenvalue weighted by molar-refractivity contribution is 5.97. The lowest BCUT2D eigenvalue weighted by atomic mass is 10.1. The Morgan fingerprint density at radius 3 is 2.65 bits per heavy atom. The highest BCUT2D eigenvalue weighted by Gasteiger charge is 2.19. The van der Waals surface area contributed by atoms with E-state index in [4.69, 9.17) is 13.7 Å². The predicted octanol–water partition coefficient (Wildman–Crippen LogP) is 4.02. The number of amides is 2. The molecule has 4 rings (SSSR count). The molecular formula is C23H21N3O5. The van der Waals surface area contributed by atoms with Gasteiger partial charge in [-0.2, -0.15) is 0 Å². The summed E-state index contributed by atoms with van der Waals surface area (Å²) in [5.41, 5.74) is 0. The highest BCUT2D eigenvalue weighted by Crippen LogP contribution is 2.22. The van der Waals surface area contributed by atoms with Gasteiger partial charge >= 0.3 is 0 Å². The standard InChI is InChI=1S/C23H21N3O5/c1-15-11-21(25-31-15)24-22(27)13-26(2)23(28)20-10-9-19(30-20)14-29-18-8-7-16-5-3-4-6-17(16)12-18/h3-12H,13-14H2,1-2H3,(H,24,25,27). The lowest BCUT2D eigenvalue weighted by molar-refractivity contribution is -0.116. The number of nitrogens with one attached hydrogen (secondary N) is 1. The molecule has 2 amide bonds. The third-order valence-corrected chi connectivity index (χ3v) is 4.60. The van der Waals surface area contributed by atoms with E-state index in [1.165, 1.54) is 11.9 Å². The number of anilines is 1. The molecule has 31 heavy (non-hydrogen) atoms. The summed E-state index contributed by atoms with van der Waals surface area (Å²) in [5.74, 6) is 1.42. The van der Waals surface area contributed by atoms with Gasteiger partial charge in [0.25, 0.3) is 5.91 Å². The average Bonchev–Trinajstić information content (AvgIpc) is 3.40. The second-order valence-corrected chi connectivity index (χ2v) is 7.10. The first-order chi connectivity index (χ1) is 15.0. The molecule has 8 heteroatoms. The number of hydrogen-bond donors (Lipinski definition) is 1. The molecule has 0 saturated carbocycles. The average molecular weight is 419 g/mol. The summed E-state index contributed by atoms with van der Waals surface area (Å²) < 4.78 is 16.3. The number of nitrogens with zero attached hydrogens (tertiary/aromatic N) is 2. The summed E-state index contributed by atoms with van der Waals surface area (Å²) in [5, 5.41) is 8.47. The van der Waals surface area contributed by atoms with Crippen molar-refractivity contribution in [2.24, 2.45) is 0 Å². The van der Waals surface area contributed by atoms with Crippen LogP contribution in [0.25, 0.3) is 10.8 Å². The van der Waals surface area contributed by atoms with Gasteiger partial charge in [0.15, 0.2) is 11.6 Å². The maximum atomic E-state index is 12.5. The number of aromatic nitrogens is 1. The molecule has 2 aromatic carbocycles. The molecule has 8 nitrogen and oxygen atoms in total. The summed E-state index contributed by atoms with van der Waals surface area (Å²) in [6.45, 7) is 1.74. The van der Waals surface area contributed by atoms with Crippen LogP contribution in [0.1, 0.15) is 22.1 Å². The number of ether oxygens (including phenoxy) is 1. The Morgan fingerprint density at radius 1 is 1.06 bits per heavy atom. The van der Waals surface area contributed by atoms with E-state index in [0.717, 1.165) is 10.8 Å². The van der Waals surface area contributed by atoms with Crippen molar-refractivity contribution in [2.75, 3.05) is 18.9 Å². The van der Waals surface area contributed by atoms with Crippen molar-refractivity contribution in [2.45, 2.75) is 13.5 Å².